The molecule has 2 rings (SSSR count). The van der Waals surface area contributed by atoms with E-state index in [0.29, 0.717) is 16.6 Å². The zero-order valence-corrected chi connectivity index (χ0v) is 13.9. The van der Waals surface area contributed by atoms with Crippen LogP contribution in [0.15, 0.2) is 48.5 Å². The van der Waals surface area contributed by atoms with E-state index in [2.05, 4.69) is 10.6 Å². The van der Waals surface area contributed by atoms with Gasteiger partial charge in [0.25, 0.3) is 0 Å². The van der Waals surface area contributed by atoms with Crippen LogP contribution >= 0.6 is 23.2 Å². The molecule has 23 heavy (non-hydrogen) atoms. The second kappa shape index (κ2) is 8.75. The van der Waals surface area contributed by atoms with Gasteiger partial charge >= 0.3 is 6.03 Å². The van der Waals surface area contributed by atoms with E-state index in [0.717, 1.165) is 11.1 Å². The van der Waals surface area contributed by atoms with Gasteiger partial charge in [0, 0.05) is 19.0 Å². The van der Waals surface area contributed by atoms with Gasteiger partial charge in [0.1, 0.15) is 6.67 Å². The van der Waals surface area contributed by atoms with E-state index < -0.39 is 12.7 Å². The van der Waals surface area contributed by atoms with Crippen molar-refractivity contribution >= 4 is 29.2 Å². The Balaban J connectivity index is 2.19. The van der Waals surface area contributed by atoms with Crippen LogP contribution in [-0.2, 0) is 0 Å². The van der Waals surface area contributed by atoms with Gasteiger partial charge in [-0.05, 0) is 23.3 Å². The molecular weight excluding hydrogens is 338 g/mol. The smallest absolute Gasteiger partial charge is 0.314 e. The molecular formula is C17H17Cl2FN2O. The first-order valence-electron chi connectivity index (χ1n) is 7.19. The highest BCUT2D eigenvalue weighted by Gasteiger charge is 2.16. The van der Waals surface area contributed by atoms with Crippen LogP contribution in [0.2, 0.25) is 10.0 Å². The van der Waals surface area contributed by atoms with Crippen molar-refractivity contribution < 1.29 is 9.18 Å². The summed E-state index contributed by atoms with van der Waals surface area (Å²) in [5, 5.41) is 6.14. The zero-order valence-electron chi connectivity index (χ0n) is 12.4. The van der Waals surface area contributed by atoms with Crippen molar-refractivity contribution in [3.63, 3.8) is 0 Å². The lowest BCUT2D eigenvalue weighted by Crippen LogP contribution is -2.38. The Labute approximate surface area is 144 Å². The van der Waals surface area contributed by atoms with E-state index in [1.54, 1.807) is 12.1 Å². The number of alkyl halides is 1. The first-order chi connectivity index (χ1) is 11.1. The fraction of sp³-hybridized carbons (Fsp3) is 0.235. The monoisotopic (exact) mass is 354 g/mol. The van der Waals surface area contributed by atoms with Crippen LogP contribution in [0.25, 0.3) is 0 Å². The van der Waals surface area contributed by atoms with Crippen molar-refractivity contribution in [2.45, 2.75) is 5.92 Å². The number of carbonyl (C=O) groups is 1. The molecule has 2 amide bonds. The Morgan fingerprint density at radius 2 is 1.74 bits per heavy atom. The molecule has 0 saturated carbocycles. The Morgan fingerprint density at radius 3 is 2.39 bits per heavy atom. The van der Waals surface area contributed by atoms with Gasteiger partial charge in [0.05, 0.1) is 10.0 Å². The highest BCUT2D eigenvalue weighted by molar-refractivity contribution is 6.42. The molecule has 0 spiro atoms. The number of urea groups is 1. The van der Waals surface area contributed by atoms with E-state index in [4.69, 9.17) is 23.2 Å². The van der Waals surface area contributed by atoms with Crippen LogP contribution in [0.5, 0.6) is 0 Å². The van der Waals surface area contributed by atoms with Crippen molar-refractivity contribution in [1.82, 2.24) is 10.6 Å². The number of benzene rings is 2. The van der Waals surface area contributed by atoms with Gasteiger partial charge < -0.3 is 10.6 Å². The van der Waals surface area contributed by atoms with Gasteiger partial charge in [-0.3, -0.25) is 0 Å². The molecule has 0 aliphatic carbocycles. The maximum atomic E-state index is 12.1. The van der Waals surface area contributed by atoms with Gasteiger partial charge in [0.15, 0.2) is 0 Å². The number of amides is 2. The molecule has 0 bridgehead atoms. The average molecular weight is 355 g/mol. The highest BCUT2D eigenvalue weighted by atomic mass is 35.5. The van der Waals surface area contributed by atoms with Crippen LogP contribution in [0, 0.1) is 0 Å². The summed E-state index contributed by atoms with van der Waals surface area (Å²) in [6.07, 6.45) is 0. The topological polar surface area (TPSA) is 41.1 Å². The quantitative estimate of drug-likeness (QED) is 0.793. The normalized spacial score (nSPS) is 11.8. The molecule has 0 radical (unpaired) electrons. The van der Waals surface area contributed by atoms with Gasteiger partial charge in [0.2, 0.25) is 0 Å². The first kappa shape index (κ1) is 17.6. The maximum absolute atomic E-state index is 12.1. The third kappa shape index (κ3) is 5.12. The molecule has 0 aliphatic heterocycles. The Hall–Kier alpha value is -1.78. The SMILES string of the molecule is O=C(NCCF)NCC(c1ccccc1)c1ccc(Cl)c(Cl)c1. The van der Waals surface area contributed by atoms with E-state index in [-0.39, 0.29) is 12.5 Å². The van der Waals surface area contributed by atoms with Crippen molar-refractivity contribution in [2.75, 3.05) is 19.8 Å². The maximum Gasteiger partial charge on any atom is 0.314 e. The van der Waals surface area contributed by atoms with E-state index >= 15 is 0 Å². The number of rotatable bonds is 6. The fourth-order valence-electron chi connectivity index (χ4n) is 2.26. The van der Waals surface area contributed by atoms with Crippen LogP contribution in [0.4, 0.5) is 9.18 Å². The molecule has 1 atom stereocenters. The summed E-state index contributed by atoms with van der Waals surface area (Å²) in [4.78, 5) is 11.7. The molecule has 0 heterocycles. The second-order valence-electron chi connectivity index (χ2n) is 4.96. The summed E-state index contributed by atoms with van der Waals surface area (Å²) >= 11 is 12.1. The molecule has 1 unspecified atom stereocenters. The predicted molar refractivity (Wildman–Crippen MR) is 92.1 cm³/mol. The Bertz CT molecular complexity index is 652. The standard InChI is InChI=1S/C17H17Cl2FN2O/c18-15-7-6-13(10-16(15)19)14(12-4-2-1-3-5-12)11-22-17(23)21-9-8-20/h1-7,10,14H,8-9,11H2,(H2,21,22,23). The number of halogens is 3. The number of carbonyl (C=O) groups excluding carboxylic acids is 1. The molecule has 0 aliphatic rings. The van der Waals surface area contributed by atoms with Crippen LogP contribution < -0.4 is 10.6 Å². The lowest BCUT2D eigenvalue weighted by atomic mass is 9.91. The first-order valence-corrected chi connectivity index (χ1v) is 7.95. The highest BCUT2D eigenvalue weighted by Crippen LogP contribution is 2.30. The Kier molecular flexibility index (Phi) is 6.68. The third-order valence-corrected chi connectivity index (χ3v) is 4.13. The van der Waals surface area contributed by atoms with Gasteiger partial charge in [-0.1, -0.05) is 59.6 Å². The third-order valence-electron chi connectivity index (χ3n) is 3.39. The molecule has 2 N–H and O–H groups in total. The molecule has 3 nitrogen and oxygen atoms in total. The summed E-state index contributed by atoms with van der Waals surface area (Å²) in [5.74, 6) is -0.0814. The predicted octanol–water partition coefficient (Wildman–Crippen LogP) is 4.39. The van der Waals surface area contributed by atoms with Crippen LogP contribution in [-0.4, -0.2) is 25.8 Å². The molecule has 2 aromatic rings. The molecule has 122 valence electrons. The summed E-state index contributed by atoms with van der Waals surface area (Å²) in [6.45, 7) is -0.239. The molecule has 6 heteroatoms. The van der Waals surface area contributed by atoms with Gasteiger partial charge in [-0.2, -0.15) is 0 Å². The largest absolute Gasteiger partial charge is 0.337 e. The average Bonchev–Trinajstić information content (AvgIpc) is 2.57. The van der Waals surface area contributed by atoms with Crippen LogP contribution in [0.1, 0.15) is 17.0 Å². The number of hydrogen-bond donors (Lipinski definition) is 2. The zero-order chi connectivity index (χ0) is 16.7. The van der Waals surface area contributed by atoms with Crippen molar-refractivity contribution in [1.29, 1.82) is 0 Å². The van der Waals surface area contributed by atoms with Gasteiger partial charge in [-0.25, -0.2) is 9.18 Å². The molecule has 0 saturated heterocycles. The number of hydrogen-bond acceptors (Lipinski definition) is 1. The molecule has 2 aromatic carbocycles. The van der Waals surface area contributed by atoms with Gasteiger partial charge in [-0.15, -0.1) is 0 Å². The van der Waals surface area contributed by atoms with E-state index in [1.165, 1.54) is 0 Å². The molecule has 0 aromatic heterocycles. The summed E-state index contributed by atoms with van der Waals surface area (Å²) in [7, 11) is 0. The Morgan fingerprint density at radius 1 is 1.00 bits per heavy atom. The van der Waals surface area contributed by atoms with Crippen LogP contribution in [0.3, 0.4) is 0 Å². The minimum atomic E-state index is -0.595. The second-order valence-corrected chi connectivity index (χ2v) is 5.78. The van der Waals surface area contributed by atoms with Crippen molar-refractivity contribution in [3.8, 4) is 0 Å². The minimum absolute atomic E-state index is 0.00535. The minimum Gasteiger partial charge on any atom is -0.337 e. The van der Waals surface area contributed by atoms with Crippen molar-refractivity contribution in [3.05, 3.63) is 69.7 Å². The summed E-state index contributed by atoms with van der Waals surface area (Å²) in [6, 6.07) is 14.8. The number of nitrogens with one attached hydrogen (secondary N) is 2. The van der Waals surface area contributed by atoms with Crippen molar-refractivity contribution in [2.24, 2.45) is 0 Å². The summed E-state index contributed by atoms with van der Waals surface area (Å²) < 4.78 is 12.1. The lowest BCUT2D eigenvalue weighted by molar-refractivity contribution is 0.239. The summed E-state index contributed by atoms with van der Waals surface area (Å²) in [5.41, 5.74) is 1.98. The van der Waals surface area contributed by atoms with E-state index in [9.17, 15) is 9.18 Å². The lowest BCUT2D eigenvalue weighted by Gasteiger charge is -2.19. The fourth-order valence-corrected chi connectivity index (χ4v) is 2.57. The molecule has 0 fully saturated rings. The van der Waals surface area contributed by atoms with E-state index in [1.807, 2.05) is 36.4 Å².